The number of amides is 1. The van der Waals surface area contributed by atoms with Crippen LogP contribution in [-0.4, -0.2) is 5.91 Å². The summed E-state index contributed by atoms with van der Waals surface area (Å²) >= 11 is 1.97. The molecule has 0 aliphatic carbocycles. The lowest BCUT2D eigenvalue weighted by Crippen LogP contribution is -2.27. The van der Waals surface area contributed by atoms with Crippen molar-refractivity contribution >= 4 is 39.3 Å². The number of carbonyl (C=O) groups is 1. The smallest absolute Gasteiger partial charge is 0.252 e. The van der Waals surface area contributed by atoms with Crippen molar-refractivity contribution < 1.29 is 9.18 Å². The number of carbonyl (C=O) groups excluding carboxylic acids is 1. The molecule has 116 valence electrons. The molecular formula is C19H15FINO. The molecule has 1 amide bonds. The van der Waals surface area contributed by atoms with Gasteiger partial charge in [-0.15, -0.1) is 0 Å². The van der Waals surface area contributed by atoms with Gasteiger partial charge in [0.1, 0.15) is 5.82 Å². The number of nitrogens with one attached hydrogen (secondary N) is 1. The van der Waals surface area contributed by atoms with E-state index in [1.165, 1.54) is 23.6 Å². The Balaban J connectivity index is 1.82. The maximum atomic E-state index is 13.2. The molecule has 3 aromatic rings. The third-order valence-corrected chi connectivity index (χ3v) is 4.69. The van der Waals surface area contributed by atoms with Gasteiger partial charge in [0, 0.05) is 3.57 Å². The van der Waals surface area contributed by atoms with E-state index in [0.717, 1.165) is 10.9 Å². The second-order valence-electron chi connectivity index (χ2n) is 5.43. The van der Waals surface area contributed by atoms with Crippen LogP contribution in [-0.2, 0) is 0 Å². The Bertz CT molecular complexity index is 878. The van der Waals surface area contributed by atoms with Crippen molar-refractivity contribution in [2.24, 2.45) is 0 Å². The van der Waals surface area contributed by atoms with Crippen LogP contribution in [0.4, 0.5) is 4.39 Å². The first-order valence-corrected chi connectivity index (χ1v) is 8.37. The van der Waals surface area contributed by atoms with Gasteiger partial charge in [-0.05, 0) is 70.1 Å². The summed E-state index contributed by atoms with van der Waals surface area (Å²) in [6, 6.07) is 18.3. The van der Waals surface area contributed by atoms with E-state index in [1.807, 2.05) is 47.7 Å². The number of hydrogen-bond acceptors (Lipinski definition) is 1. The summed E-state index contributed by atoms with van der Waals surface area (Å²) in [7, 11) is 0. The number of benzene rings is 3. The highest BCUT2D eigenvalue weighted by atomic mass is 127. The summed E-state index contributed by atoms with van der Waals surface area (Å²) in [5, 5.41) is 5.28. The molecule has 0 radical (unpaired) electrons. The van der Waals surface area contributed by atoms with E-state index in [4.69, 9.17) is 0 Å². The van der Waals surface area contributed by atoms with Crippen LogP contribution in [0.5, 0.6) is 0 Å². The minimum Gasteiger partial charge on any atom is -0.345 e. The monoisotopic (exact) mass is 419 g/mol. The molecule has 1 unspecified atom stereocenters. The fraction of sp³-hybridized carbons (Fsp3) is 0.105. The van der Waals surface area contributed by atoms with Crippen LogP contribution >= 0.6 is 22.6 Å². The molecule has 3 rings (SSSR count). The Hall–Kier alpha value is -1.95. The van der Waals surface area contributed by atoms with Gasteiger partial charge in [-0.25, -0.2) is 4.39 Å². The molecule has 0 aromatic heterocycles. The van der Waals surface area contributed by atoms with E-state index in [9.17, 15) is 9.18 Å². The van der Waals surface area contributed by atoms with E-state index >= 15 is 0 Å². The highest BCUT2D eigenvalue weighted by Crippen LogP contribution is 2.21. The Kier molecular flexibility index (Phi) is 4.61. The average Bonchev–Trinajstić information content (AvgIpc) is 2.54. The SMILES string of the molecule is CC(NC(=O)c1ccc(F)cc1I)c1ccc2ccccc2c1. The molecule has 0 saturated heterocycles. The minimum atomic E-state index is -0.339. The minimum absolute atomic E-state index is 0.132. The van der Waals surface area contributed by atoms with Crippen LogP contribution in [0.25, 0.3) is 10.8 Å². The Morgan fingerprint density at radius 2 is 1.78 bits per heavy atom. The summed E-state index contributed by atoms with van der Waals surface area (Å²) in [6.45, 7) is 1.94. The first-order chi connectivity index (χ1) is 11.0. The van der Waals surface area contributed by atoms with E-state index in [2.05, 4.69) is 29.6 Å². The summed E-state index contributed by atoms with van der Waals surface area (Å²) in [5.41, 5.74) is 1.52. The third-order valence-electron chi connectivity index (χ3n) is 3.80. The van der Waals surface area contributed by atoms with E-state index in [0.29, 0.717) is 9.13 Å². The average molecular weight is 419 g/mol. The molecule has 0 aliphatic heterocycles. The highest BCUT2D eigenvalue weighted by molar-refractivity contribution is 14.1. The van der Waals surface area contributed by atoms with Gasteiger partial charge in [-0.3, -0.25) is 4.79 Å². The van der Waals surface area contributed by atoms with Gasteiger partial charge in [-0.1, -0.05) is 36.4 Å². The molecule has 0 spiro atoms. The molecule has 0 saturated carbocycles. The summed E-state index contributed by atoms with van der Waals surface area (Å²) < 4.78 is 13.8. The quantitative estimate of drug-likeness (QED) is 0.590. The maximum absolute atomic E-state index is 13.2. The van der Waals surface area contributed by atoms with Gasteiger partial charge in [0.25, 0.3) is 5.91 Å². The molecule has 0 heterocycles. The van der Waals surface area contributed by atoms with Gasteiger partial charge >= 0.3 is 0 Å². The molecule has 0 bridgehead atoms. The fourth-order valence-corrected chi connectivity index (χ4v) is 3.23. The molecule has 1 atom stereocenters. The molecule has 0 fully saturated rings. The van der Waals surface area contributed by atoms with E-state index < -0.39 is 0 Å². The highest BCUT2D eigenvalue weighted by Gasteiger charge is 2.14. The van der Waals surface area contributed by atoms with Crippen LogP contribution < -0.4 is 5.32 Å². The predicted molar refractivity (Wildman–Crippen MR) is 98.9 cm³/mol. The van der Waals surface area contributed by atoms with Gasteiger partial charge in [0.2, 0.25) is 0 Å². The van der Waals surface area contributed by atoms with Crippen LogP contribution in [0.15, 0.2) is 60.7 Å². The maximum Gasteiger partial charge on any atom is 0.252 e. The summed E-state index contributed by atoms with van der Waals surface area (Å²) in [4.78, 5) is 12.4. The van der Waals surface area contributed by atoms with Crippen molar-refractivity contribution in [3.63, 3.8) is 0 Å². The lowest BCUT2D eigenvalue weighted by Gasteiger charge is -2.16. The van der Waals surface area contributed by atoms with Crippen LogP contribution in [0.3, 0.4) is 0 Å². The zero-order chi connectivity index (χ0) is 16.4. The molecular weight excluding hydrogens is 404 g/mol. The molecule has 2 nitrogen and oxygen atoms in total. The summed E-state index contributed by atoms with van der Waals surface area (Å²) in [6.07, 6.45) is 0. The van der Waals surface area contributed by atoms with Crippen molar-refractivity contribution in [1.29, 1.82) is 0 Å². The molecule has 23 heavy (non-hydrogen) atoms. The Morgan fingerprint density at radius 3 is 2.52 bits per heavy atom. The normalized spacial score (nSPS) is 12.1. The standard InChI is InChI=1S/C19H15FINO/c1-12(14-7-6-13-4-2-3-5-15(13)10-14)22-19(23)17-9-8-16(20)11-18(17)21/h2-12H,1H3,(H,22,23). The fourth-order valence-electron chi connectivity index (χ4n) is 2.51. The Morgan fingerprint density at radius 1 is 1.04 bits per heavy atom. The molecule has 1 N–H and O–H groups in total. The van der Waals surface area contributed by atoms with Gasteiger partial charge in [-0.2, -0.15) is 0 Å². The molecule has 0 aliphatic rings. The number of hydrogen-bond donors (Lipinski definition) is 1. The number of halogens is 2. The van der Waals surface area contributed by atoms with Crippen molar-refractivity contribution in [2.75, 3.05) is 0 Å². The summed E-state index contributed by atoms with van der Waals surface area (Å²) in [5.74, 6) is -0.538. The van der Waals surface area contributed by atoms with E-state index in [-0.39, 0.29) is 17.8 Å². The predicted octanol–water partition coefficient (Wildman–Crippen LogP) is 5.07. The lowest BCUT2D eigenvalue weighted by molar-refractivity contribution is 0.0939. The Labute approximate surface area is 147 Å². The van der Waals surface area contributed by atoms with Crippen LogP contribution in [0.2, 0.25) is 0 Å². The van der Waals surface area contributed by atoms with Crippen LogP contribution in [0, 0.1) is 9.39 Å². The van der Waals surface area contributed by atoms with Gasteiger partial charge in [0.15, 0.2) is 0 Å². The van der Waals surface area contributed by atoms with Gasteiger partial charge < -0.3 is 5.32 Å². The largest absolute Gasteiger partial charge is 0.345 e. The number of rotatable bonds is 3. The van der Waals surface area contributed by atoms with Crippen molar-refractivity contribution in [2.45, 2.75) is 13.0 Å². The third kappa shape index (κ3) is 3.52. The second-order valence-corrected chi connectivity index (χ2v) is 6.59. The topological polar surface area (TPSA) is 29.1 Å². The van der Waals surface area contributed by atoms with Crippen molar-refractivity contribution in [3.05, 3.63) is 81.2 Å². The van der Waals surface area contributed by atoms with Gasteiger partial charge in [0.05, 0.1) is 11.6 Å². The number of fused-ring (bicyclic) bond motifs is 1. The molecule has 3 aromatic carbocycles. The zero-order valence-electron chi connectivity index (χ0n) is 12.5. The molecule has 4 heteroatoms. The van der Waals surface area contributed by atoms with Crippen molar-refractivity contribution in [3.8, 4) is 0 Å². The first-order valence-electron chi connectivity index (χ1n) is 7.29. The lowest BCUT2D eigenvalue weighted by atomic mass is 10.0. The van der Waals surface area contributed by atoms with Crippen LogP contribution in [0.1, 0.15) is 28.9 Å². The van der Waals surface area contributed by atoms with E-state index in [1.54, 1.807) is 0 Å². The second kappa shape index (κ2) is 6.66. The zero-order valence-corrected chi connectivity index (χ0v) is 14.7. The first kappa shape index (κ1) is 15.9. The van der Waals surface area contributed by atoms with Crippen molar-refractivity contribution in [1.82, 2.24) is 5.32 Å².